The summed E-state index contributed by atoms with van der Waals surface area (Å²) in [6, 6.07) is 8.25. The normalized spacial score (nSPS) is 16.8. The van der Waals surface area contributed by atoms with Gasteiger partial charge in [0, 0.05) is 0 Å². The maximum atomic E-state index is 9.32. The van der Waals surface area contributed by atoms with Crippen LogP contribution >= 0.6 is 0 Å². The van der Waals surface area contributed by atoms with E-state index in [1.165, 1.54) is 0 Å². The lowest BCUT2D eigenvalue weighted by Crippen LogP contribution is -2.32. The minimum absolute atomic E-state index is 0.294. The minimum Gasteiger partial charge on any atom is -0.493 e. The molecule has 1 aromatic rings. The van der Waals surface area contributed by atoms with Crippen LogP contribution in [-0.4, -0.2) is 13.7 Å². The van der Waals surface area contributed by atoms with Gasteiger partial charge < -0.3 is 9.47 Å². The molecule has 0 heterocycles. The first kappa shape index (κ1) is 11.8. The van der Waals surface area contributed by atoms with Gasteiger partial charge >= 0.3 is 0 Å². The van der Waals surface area contributed by atoms with E-state index < -0.39 is 0 Å². The molecule has 0 atom stereocenters. The van der Waals surface area contributed by atoms with Crippen molar-refractivity contribution in [3.8, 4) is 17.6 Å². The van der Waals surface area contributed by atoms with Crippen LogP contribution in [0, 0.1) is 11.3 Å². The van der Waals surface area contributed by atoms with Gasteiger partial charge in [0.15, 0.2) is 11.5 Å². The monoisotopic (exact) mass is 231 g/mol. The molecule has 17 heavy (non-hydrogen) atoms. The molecule has 1 aliphatic rings. The van der Waals surface area contributed by atoms with Gasteiger partial charge in [0.25, 0.3) is 0 Å². The Bertz CT molecular complexity index is 444. The highest BCUT2D eigenvalue weighted by Crippen LogP contribution is 2.45. The second kappa shape index (κ2) is 4.67. The molecule has 1 aliphatic carbocycles. The Hall–Kier alpha value is -1.69. The summed E-state index contributed by atoms with van der Waals surface area (Å²) < 4.78 is 10.8. The highest BCUT2D eigenvalue weighted by Gasteiger charge is 2.39. The fraction of sp³-hybridized carbons (Fsp3) is 0.500. The van der Waals surface area contributed by atoms with Crippen LogP contribution in [0.5, 0.6) is 11.5 Å². The summed E-state index contributed by atoms with van der Waals surface area (Å²) >= 11 is 0. The average Bonchev–Trinajstić information content (AvgIpc) is 2.29. The Morgan fingerprint density at radius 2 is 2.12 bits per heavy atom. The van der Waals surface area contributed by atoms with E-state index in [4.69, 9.17) is 9.47 Å². The summed E-state index contributed by atoms with van der Waals surface area (Å²) in [5.41, 5.74) is 0.758. The van der Waals surface area contributed by atoms with Crippen molar-refractivity contribution in [2.75, 3.05) is 13.7 Å². The highest BCUT2D eigenvalue weighted by molar-refractivity contribution is 5.48. The molecule has 1 fully saturated rings. The maximum Gasteiger partial charge on any atom is 0.161 e. The number of methoxy groups -OCH3 is 1. The summed E-state index contributed by atoms with van der Waals surface area (Å²) in [5.74, 6) is 1.46. The van der Waals surface area contributed by atoms with Crippen molar-refractivity contribution in [2.45, 2.75) is 31.6 Å². The Labute approximate surface area is 102 Å². The number of ether oxygens (including phenoxy) is 2. The first-order valence-corrected chi connectivity index (χ1v) is 5.98. The molecule has 2 rings (SSSR count). The lowest BCUT2D eigenvalue weighted by atomic mass is 9.65. The van der Waals surface area contributed by atoms with Crippen LogP contribution in [0.2, 0.25) is 0 Å². The Morgan fingerprint density at radius 3 is 2.59 bits per heavy atom. The molecular formula is C14H17NO2. The van der Waals surface area contributed by atoms with Crippen LogP contribution < -0.4 is 9.47 Å². The van der Waals surface area contributed by atoms with E-state index in [0.717, 1.165) is 36.3 Å². The van der Waals surface area contributed by atoms with Crippen LogP contribution in [0.4, 0.5) is 0 Å². The summed E-state index contributed by atoms with van der Waals surface area (Å²) in [6.07, 6.45) is 3.02. The van der Waals surface area contributed by atoms with Gasteiger partial charge in [-0.1, -0.05) is 6.07 Å². The fourth-order valence-electron chi connectivity index (χ4n) is 2.24. The third-order valence-electron chi connectivity index (χ3n) is 3.44. The molecule has 3 heteroatoms. The molecule has 0 aromatic heterocycles. The molecule has 90 valence electrons. The molecule has 1 saturated carbocycles. The number of hydrogen-bond donors (Lipinski definition) is 0. The Kier molecular flexibility index (Phi) is 3.23. The van der Waals surface area contributed by atoms with Gasteiger partial charge in [-0.15, -0.1) is 0 Å². The van der Waals surface area contributed by atoms with Gasteiger partial charge in [-0.3, -0.25) is 0 Å². The number of benzene rings is 1. The van der Waals surface area contributed by atoms with Crippen molar-refractivity contribution in [1.82, 2.24) is 0 Å². The first-order valence-electron chi connectivity index (χ1n) is 5.98. The summed E-state index contributed by atoms with van der Waals surface area (Å²) in [4.78, 5) is 0. The molecule has 1 aromatic carbocycles. The van der Waals surface area contributed by atoms with Gasteiger partial charge in [-0.2, -0.15) is 5.26 Å². The summed E-state index contributed by atoms with van der Waals surface area (Å²) in [6.45, 7) is 2.54. The maximum absolute atomic E-state index is 9.32. The molecule has 0 N–H and O–H groups in total. The third-order valence-corrected chi connectivity index (χ3v) is 3.44. The van der Waals surface area contributed by atoms with Crippen LogP contribution in [0.3, 0.4) is 0 Å². The van der Waals surface area contributed by atoms with E-state index in [9.17, 15) is 5.26 Å². The molecule has 0 aliphatic heterocycles. The average molecular weight is 231 g/mol. The smallest absolute Gasteiger partial charge is 0.161 e. The van der Waals surface area contributed by atoms with Gasteiger partial charge in [0.1, 0.15) is 0 Å². The molecule has 0 amide bonds. The summed E-state index contributed by atoms with van der Waals surface area (Å²) in [7, 11) is 1.63. The first-order chi connectivity index (χ1) is 8.25. The highest BCUT2D eigenvalue weighted by atomic mass is 16.5. The second-order valence-corrected chi connectivity index (χ2v) is 4.35. The van der Waals surface area contributed by atoms with E-state index in [-0.39, 0.29) is 5.41 Å². The topological polar surface area (TPSA) is 42.2 Å². The van der Waals surface area contributed by atoms with Crippen molar-refractivity contribution in [2.24, 2.45) is 0 Å². The van der Waals surface area contributed by atoms with Gasteiger partial charge in [-0.25, -0.2) is 0 Å². The standard InChI is InChI=1S/C14H17NO2/c1-3-17-13-9-11(5-6-12(13)16-2)14(10-15)7-4-8-14/h5-6,9H,3-4,7-8H2,1-2H3. The van der Waals surface area contributed by atoms with Gasteiger partial charge in [0.2, 0.25) is 0 Å². The molecule has 0 radical (unpaired) electrons. The molecule has 3 nitrogen and oxygen atoms in total. The predicted octanol–water partition coefficient (Wildman–Crippen LogP) is 3.04. The molecule has 0 saturated heterocycles. The quantitative estimate of drug-likeness (QED) is 0.799. The summed E-state index contributed by atoms with van der Waals surface area (Å²) in [5, 5.41) is 9.32. The lowest BCUT2D eigenvalue weighted by Gasteiger charge is -2.35. The fourth-order valence-corrected chi connectivity index (χ4v) is 2.24. The molecule has 0 unspecified atom stereocenters. The molecule has 0 bridgehead atoms. The minimum atomic E-state index is -0.294. The van der Waals surface area contributed by atoms with E-state index in [0.29, 0.717) is 6.61 Å². The number of hydrogen-bond acceptors (Lipinski definition) is 3. The van der Waals surface area contributed by atoms with E-state index in [1.54, 1.807) is 7.11 Å². The Morgan fingerprint density at radius 1 is 1.35 bits per heavy atom. The number of nitrogens with zero attached hydrogens (tertiary/aromatic N) is 1. The predicted molar refractivity (Wildman–Crippen MR) is 65.3 cm³/mol. The number of nitriles is 1. The zero-order chi connectivity index (χ0) is 12.3. The largest absolute Gasteiger partial charge is 0.493 e. The third kappa shape index (κ3) is 1.95. The van der Waals surface area contributed by atoms with E-state index >= 15 is 0 Å². The zero-order valence-electron chi connectivity index (χ0n) is 10.3. The van der Waals surface area contributed by atoms with Crippen LogP contribution in [0.15, 0.2) is 18.2 Å². The van der Waals surface area contributed by atoms with Gasteiger partial charge in [-0.05, 0) is 43.9 Å². The van der Waals surface area contributed by atoms with Crippen LogP contribution in [0.25, 0.3) is 0 Å². The van der Waals surface area contributed by atoms with Crippen molar-refractivity contribution in [3.05, 3.63) is 23.8 Å². The zero-order valence-corrected chi connectivity index (χ0v) is 10.3. The van der Waals surface area contributed by atoms with Crippen molar-refractivity contribution >= 4 is 0 Å². The van der Waals surface area contributed by atoms with Crippen LogP contribution in [-0.2, 0) is 5.41 Å². The molecular weight excluding hydrogens is 214 g/mol. The number of rotatable bonds is 4. The Balaban J connectivity index is 2.37. The second-order valence-electron chi connectivity index (χ2n) is 4.35. The van der Waals surface area contributed by atoms with Crippen molar-refractivity contribution in [3.63, 3.8) is 0 Å². The van der Waals surface area contributed by atoms with Crippen molar-refractivity contribution < 1.29 is 9.47 Å². The van der Waals surface area contributed by atoms with Gasteiger partial charge in [0.05, 0.1) is 25.2 Å². The van der Waals surface area contributed by atoms with Crippen molar-refractivity contribution in [1.29, 1.82) is 5.26 Å². The lowest BCUT2D eigenvalue weighted by molar-refractivity contribution is 0.301. The van der Waals surface area contributed by atoms with E-state index in [2.05, 4.69) is 6.07 Å². The van der Waals surface area contributed by atoms with Crippen LogP contribution in [0.1, 0.15) is 31.7 Å². The molecule has 0 spiro atoms. The van der Waals surface area contributed by atoms with E-state index in [1.807, 2.05) is 25.1 Å². The SMILES string of the molecule is CCOc1cc(C2(C#N)CCC2)ccc1OC.